The third-order valence-corrected chi connectivity index (χ3v) is 3.18. The van der Waals surface area contributed by atoms with Crippen LogP contribution in [0, 0.1) is 0 Å². The maximum Gasteiger partial charge on any atom is 0.306 e. The smallest absolute Gasteiger partial charge is 0.306 e. The Bertz CT molecular complexity index is 480. The van der Waals surface area contributed by atoms with Crippen molar-refractivity contribution < 1.29 is 19.1 Å². The second-order valence-electron chi connectivity index (χ2n) is 4.74. The minimum absolute atomic E-state index is 0.0479. The van der Waals surface area contributed by atoms with Crippen molar-refractivity contribution in [3.05, 3.63) is 18.3 Å². The minimum atomic E-state index is -0.336. The van der Waals surface area contributed by atoms with Gasteiger partial charge in [-0.05, 0) is 13.0 Å². The van der Waals surface area contributed by atoms with Crippen LogP contribution in [0.1, 0.15) is 26.2 Å². The second kappa shape index (κ2) is 7.56. The molecule has 1 fully saturated rings. The SMILES string of the molecule is CCOC(=O)CCC(=O)N1CCC(Oc2cccnn2)C1. The molecule has 0 radical (unpaired) electrons. The molecular formula is C14H19N3O4. The van der Waals surface area contributed by atoms with E-state index in [4.69, 9.17) is 9.47 Å². The van der Waals surface area contributed by atoms with E-state index >= 15 is 0 Å². The van der Waals surface area contributed by atoms with Crippen molar-refractivity contribution in [2.75, 3.05) is 19.7 Å². The zero-order chi connectivity index (χ0) is 15.1. The predicted octanol–water partition coefficient (Wildman–Crippen LogP) is 0.800. The first-order chi connectivity index (χ1) is 10.2. The molecule has 0 spiro atoms. The summed E-state index contributed by atoms with van der Waals surface area (Å²) in [6.07, 6.45) is 2.55. The van der Waals surface area contributed by atoms with Gasteiger partial charge in [0.25, 0.3) is 0 Å². The Labute approximate surface area is 123 Å². The maximum absolute atomic E-state index is 12.0. The van der Waals surface area contributed by atoms with Gasteiger partial charge in [-0.2, -0.15) is 5.10 Å². The molecule has 0 bridgehead atoms. The molecule has 7 nitrogen and oxygen atoms in total. The Kier molecular flexibility index (Phi) is 5.48. The summed E-state index contributed by atoms with van der Waals surface area (Å²) in [6.45, 7) is 3.23. The molecular weight excluding hydrogens is 274 g/mol. The van der Waals surface area contributed by atoms with Crippen LogP contribution in [0.5, 0.6) is 5.88 Å². The normalized spacial score (nSPS) is 17.6. The molecule has 1 amide bonds. The average Bonchev–Trinajstić information content (AvgIpc) is 2.95. The third kappa shape index (κ3) is 4.70. The maximum atomic E-state index is 12.0. The van der Waals surface area contributed by atoms with E-state index < -0.39 is 0 Å². The predicted molar refractivity (Wildman–Crippen MR) is 73.5 cm³/mol. The molecule has 1 saturated heterocycles. The van der Waals surface area contributed by atoms with E-state index in [9.17, 15) is 9.59 Å². The number of carbonyl (C=O) groups excluding carboxylic acids is 2. The first kappa shape index (κ1) is 15.2. The molecule has 1 aliphatic heterocycles. The quantitative estimate of drug-likeness (QED) is 0.722. The van der Waals surface area contributed by atoms with E-state index in [0.717, 1.165) is 6.42 Å². The van der Waals surface area contributed by atoms with Crippen molar-refractivity contribution in [1.82, 2.24) is 15.1 Å². The summed E-state index contributed by atoms with van der Waals surface area (Å²) >= 11 is 0. The van der Waals surface area contributed by atoms with Crippen molar-refractivity contribution in [3.63, 3.8) is 0 Å². The zero-order valence-electron chi connectivity index (χ0n) is 12.0. The van der Waals surface area contributed by atoms with E-state index in [1.807, 2.05) is 0 Å². The van der Waals surface area contributed by atoms with Gasteiger partial charge in [-0.15, -0.1) is 5.10 Å². The monoisotopic (exact) mass is 293 g/mol. The largest absolute Gasteiger partial charge is 0.471 e. The van der Waals surface area contributed by atoms with Crippen molar-refractivity contribution in [2.24, 2.45) is 0 Å². The molecule has 1 aromatic heterocycles. The first-order valence-electron chi connectivity index (χ1n) is 7.06. The van der Waals surface area contributed by atoms with Crippen LogP contribution in [0.25, 0.3) is 0 Å². The fraction of sp³-hybridized carbons (Fsp3) is 0.571. The Morgan fingerprint density at radius 3 is 3.00 bits per heavy atom. The van der Waals surface area contributed by atoms with E-state index in [2.05, 4.69) is 10.2 Å². The van der Waals surface area contributed by atoms with E-state index in [1.165, 1.54) is 0 Å². The van der Waals surface area contributed by atoms with Crippen LogP contribution in [0.3, 0.4) is 0 Å². The number of hydrogen-bond donors (Lipinski definition) is 0. The van der Waals surface area contributed by atoms with Crippen LogP contribution >= 0.6 is 0 Å². The molecule has 1 atom stereocenters. The number of carbonyl (C=O) groups is 2. The third-order valence-electron chi connectivity index (χ3n) is 3.18. The molecule has 2 heterocycles. The van der Waals surface area contributed by atoms with E-state index in [1.54, 1.807) is 30.2 Å². The Hall–Kier alpha value is -2.18. The summed E-state index contributed by atoms with van der Waals surface area (Å²) in [4.78, 5) is 24.9. The van der Waals surface area contributed by atoms with Gasteiger partial charge in [-0.3, -0.25) is 9.59 Å². The molecule has 0 saturated carbocycles. The van der Waals surface area contributed by atoms with Gasteiger partial charge in [0.05, 0.1) is 19.6 Å². The highest BCUT2D eigenvalue weighted by molar-refractivity contribution is 5.81. The summed E-state index contributed by atoms with van der Waals surface area (Å²) in [5, 5.41) is 7.60. The van der Waals surface area contributed by atoms with Gasteiger partial charge in [0, 0.05) is 31.6 Å². The molecule has 21 heavy (non-hydrogen) atoms. The molecule has 114 valence electrons. The van der Waals surface area contributed by atoms with Crippen molar-refractivity contribution in [1.29, 1.82) is 0 Å². The fourth-order valence-corrected chi connectivity index (χ4v) is 2.17. The molecule has 0 aromatic carbocycles. The fourth-order valence-electron chi connectivity index (χ4n) is 2.17. The highest BCUT2D eigenvalue weighted by Gasteiger charge is 2.28. The van der Waals surface area contributed by atoms with Crippen molar-refractivity contribution in [3.8, 4) is 5.88 Å². The molecule has 7 heteroatoms. The Morgan fingerprint density at radius 1 is 1.43 bits per heavy atom. The summed E-state index contributed by atoms with van der Waals surface area (Å²) in [6, 6.07) is 3.48. The van der Waals surface area contributed by atoms with Gasteiger partial charge in [0.1, 0.15) is 6.10 Å². The summed E-state index contributed by atoms with van der Waals surface area (Å²) in [5.74, 6) is 0.0778. The lowest BCUT2D eigenvalue weighted by Gasteiger charge is -2.16. The summed E-state index contributed by atoms with van der Waals surface area (Å²) in [7, 11) is 0. The van der Waals surface area contributed by atoms with Crippen LogP contribution < -0.4 is 4.74 Å². The summed E-state index contributed by atoms with van der Waals surface area (Å²) < 4.78 is 10.5. The number of aromatic nitrogens is 2. The highest BCUT2D eigenvalue weighted by atomic mass is 16.5. The second-order valence-corrected chi connectivity index (χ2v) is 4.74. The molecule has 0 N–H and O–H groups in total. The van der Waals surface area contributed by atoms with Gasteiger partial charge >= 0.3 is 5.97 Å². The van der Waals surface area contributed by atoms with Gasteiger partial charge in [-0.25, -0.2) is 0 Å². The van der Waals surface area contributed by atoms with Crippen LogP contribution in [0.15, 0.2) is 18.3 Å². The lowest BCUT2D eigenvalue weighted by molar-refractivity contribution is -0.145. The van der Waals surface area contributed by atoms with Crippen molar-refractivity contribution >= 4 is 11.9 Å². The Balaban J connectivity index is 1.74. The van der Waals surface area contributed by atoms with Crippen LogP contribution in [-0.4, -0.2) is 52.8 Å². The molecule has 0 aliphatic carbocycles. The molecule has 1 aromatic rings. The first-order valence-corrected chi connectivity index (χ1v) is 7.06. The highest BCUT2D eigenvalue weighted by Crippen LogP contribution is 2.16. The number of amides is 1. The van der Waals surface area contributed by atoms with Gasteiger partial charge < -0.3 is 14.4 Å². The molecule has 1 unspecified atom stereocenters. The number of hydrogen-bond acceptors (Lipinski definition) is 6. The van der Waals surface area contributed by atoms with Gasteiger partial charge in [0.15, 0.2) is 0 Å². The van der Waals surface area contributed by atoms with Crippen LogP contribution in [0.2, 0.25) is 0 Å². The van der Waals surface area contributed by atoms with Gasteiger partial charge in [0.2, 0.25) is 11.8 Å². The van der Waals surface area contributed by atoms with E-state index in [-0.39, 0.29) is 30.8 Å². The number of rotatable bonds is 6. The van der Waals surface area contributed by atoms with E-state index in [0.29, 0.717) is 25.6 Å². The van der Waals surface area contributed by atoms with Gasteiger partial charge in [-0.1, -0.05) is 0 Å². The summed E-state index contributed by atoms with van der Waals surface area (Å²) in [5.41, 5.74) is 0. The lowest BCUT2D eigenvalue weighted by atomic mass is 10.3. The molecule has 2 rings (SSSR count). The average molecular weight is 293 g/mol. The van der Waals surface area contributed by atoms with Crippen LogP contribution in [-0.2, 0) is 14.3 Å². The number of ether oxygens (including phenoxy) is 2. The number of nitrogens with zero attached hydrogens (tertiary/aromatic N) is 3. The number of likely N-dealkylation sites (tertiary alicyclic amines) is 1. The zero-order valence-corrected chi connectivity index (χ0v) is 12.0. The van der Waals surface area contributed by atoms with Crippen LogP contribution in [0.4, 0.5) is 0 Å². The lowest BCUT2D eigenvalue weighted by Crippen LogP contribution is -2.31. The minimum Gasteiger partial charge on any atom is -0.471 e. The Morgan fingerprint density at radius 2 is 2.29 bits per heavy atom. The molecule has 1 aliphatic rings. The number of esters is 1. The van der Waals surface area contributed by atoms with Crippen molar-refractivity contribution in [2.45, 2.75) is 32.3 Å². The topological polar surface area (TPSA) is 81.6 Å². The standard InChI is InChI=1S/C14H19N3O4/c1-2-20-14(19)6-5-13(18)17-9-7-11(10-17)21-12-4-3-8-15-16-12/h3-4,8,11H,2,5-7,9-10H2,1H3.